The Labute approximate surface area is 174 Å². The van der Waals surface area contributed by atoms with E-state index in [1.165, 1.54) is 31.4 Å². The third-order valence-corrected chi connectivity index (χ3v) is 4.64. The van der Waals surface area contributed by atoms with Crippen LogP contribution in [0.3, 0.4) is 0 Å². The molecule has 0 spiro atoms. The van der Waals surface area contributed by atoms with Crippen LogP contribution in [0.5, 0.6) is 17.4 Å². The molecule has 31 heavy (non-hydrogen) atoms. The van der Waals surface area contributed by atoms with E-state index in [4.69, 9.17) is 9.26 Å². The number of phenolic OH excluding ortho intramolecular Hbond substituents is 2. The van der Waals surface area contributed by atoms with E-state index in [0.29, 0.717) is 5.88 Å². The smallest absolute Gasteiger partial charge is 0.437 e. The first kappa shape index (κ1) is 20.3. The average molecular weight is 428 g/mol. The number of rotatable bonds is 4. The van der Waals surface area contributed by atoms with Crippen molar-refractivity contribution in [3.63, 3.8) is 0 Å². The molecular weight excluding hydrogens is 413 g/mol. The fraction of sp³-hybridized carbons (Fsp3) is 0.0909. The number of methoxy groups -OCH3 is 1. The Kier molecular flexibility index (Phi) is 5.02. The molecule has 0 atom stereocenters. The molecule has 2 aromatic heterocycles. The summed E-state index contributed by atoms with van der Waals surface area (Å²) in [5.41, 5.74) is 0.130. The van der Waals surface area contributed by atoms with E-state index < -0.39 is 17.6 Å². The van der Waals surface area contributed by atoms with E-state index in [1.54, 1.807) is 30.5 Å². The maximum atomic E-state index is 13.6. The molecule has 2 heterocycles. The van der Waals surface area contributed by atoms with Gasteiger partial charge in [0.25, 0.3) is 0 Å². The second kappa shape index (κ2) is 7.67. The number of alkyl halides is 3. The topological polar surface area (TPSA) is 88.6 Å². The molecule has 6 nitrogen and oxygen atoms in total. The zero-order valence-corrected chi connectivity index (χ0v) is 16.0. The summed E-state index contributed by atoms with van der Waals surface area (Å²) in [6.45, 7) is 0. The molecule has 0 saturated carbocycles. The van der Waals surface area contributed by atoms with Crippen LogP contribution in [0.15, 0.2) is 65.3 Å². The molecule has 0 aliphatic carbocycles. The number of phenols is 2. The third kappa shape index (κ3) is 3.89. The van der Waals surface area contributed by atoms with Crippen molar-refractivity contribution in [3.8, 4) is 51.0 Å². The van der Waals surface area contributed by atoms with Gasteiger partial charge in [0.2, 0.25) is 5.88 Å². The Morgan fingerprint density at radius 2 is 1.58 bits per heavy atom. The Morgan fingerprint density at radius 1 is 0.903 bits per heavy atom. The van der Waals surface area contributed by atoms with Crippen molar-refractivity contribution in [3.05, 3.63) is 66.5 Å². The lowest BCUT2D eigenvalue weighted by molar-refractivity contribution is -0.142. The van der Waals surface area contributed by atoms with Gasteiger partial charge in [-0.2, -0.15) is 13.2 Å². The van der Waals surface area contributed by atoms with Crippen LogP contribution in [0.2, 0.25) is 0 Å². The van der Waals surface area contributed by atoms with Gasteiger partial charge in [-0.1, -0.05) is 29.4 Å². The minimum Gasteiger partial charge on any atom is -0.508 e. The zero-order chi connectivity index (χ0) is 22.2. The Hall–Kier alpha value is -4.01. The average Bonchev–Trinajstić information content (AvgIpc) is 3.19. The SMILES string of the molecule is COc1ccc(-c2ccc(-c3c(C(F)(F)F)noc3-c3ccc(O)cc3O)cc2)cn1. The van der Waals surface area contributed by atoms with E-state index in [0.717, 1.165) is 17.2 Å². The van der Waals surface area contributed by atoms with Crippen molar-refractivity contribution in [1.29, 1.82) is 0 Å². The van der Waals surface area contributed by atoms with Crippen molar-refractivity contribution >= 4 is 0 Å². The molecule has 0 saturated heterocycles. The van der Waals surface area contributed by atoms with Crippen molar-refractivity contribution < 1.29 is 32.6 Å². The van der Waals surface area contributed by atoms with Crippen LogP contribution in [0.1, 0.15) is 5.69 Å². The van der Waals surface area contributed by atoms with Crippen LogP contribution in [0, 0.1) is 0 Å². The Morgan fingerprint density at radius 3 is 2.16 bits per heavy atom. The number of aromatic nitrogens is 2. The predicted octanol–water partition coefficient (Wildman–Crippen LogP) is 5.51. The first-order valence-corrected chi connectivity index (χ1v) is 8.98. The van der Waals surface area contributed by atoms with E-state index in [9.17, 15) is 23.4 Å². The van der Waals surface area contributed by atoms with Gasteiger partial charge in [0.05, 0.1) is 18.2 Å². The van der Waals surface area contributed by atoms with E-state index in [1.807, 2.05) is 0 Å². The number of ether oxygens (including phenoxy) is 1. The summed E-state index contributed by atoms with van der Waals surface area (Å²) >= 11 is 0. The lowest BCUT2D eigenvalue weighted by atomic mass is 9.96. The number of benzene rings is 2. The monoisotopic (exact) mass is 428 g/mol. The summed E-state index contributed by atoms with van der Waals surface area (Å²) < 4.78 is 50.8. The third-order valence-electron chi connectivity index (χ3n) is 4.64. The molecule has 0 amide bonds. The van der Waals surface area contributed by atoms with Crippen molar-refractivity contribution in [2.45, 2.75) is 6.18 Å². The zero-order valence-electron chi connectivity index (χ0n) is 16.0. The summed E-state index contributed by atoms with van der Waals surface area (Å²) in [7, 11) is 1.50. The summed E-state index contributed by atoms with van der Waals surface area (Å²) in [6, 6.07) is 13.2. The summed E-state index contributed by atoms with van der Waals surface area (Å²) in [4.78, 5) is 4.12. The van der Waals surface area contributed by atoms with Gasteiger partial charge in [-0.25, -0.2) is 4.98 Å². The number of halogens is 3. The first-order chi connectivity index (χ1) is 14.8. The molecule has 0 unspecified atom stereocenters. The molecule has 0 aliphatic heterocycles. The highest BCUT2D eigenvalue weighted by Gasteiger charge is 2.40. The van der Waals surface area contributed by atoms with Crippen LogP contribution in [-0.2, 0) is 6.18 Å². The van der Waals surface area contributed by atoms with Gasteiger partial charge in [-0.15, -0.1) is 0 Å². The molecule has 158 valence electrons. The lowest BCUT2D eigenvalue weighted by Gasteiger charge is -2.09. The summed E-state index contributed by atoms with van der Waals surface area (Å²) in [5, 5.41) is 22.8. The molecule has 9 heteroatoms. The molecular formula is C22H15F3N2O4. The highest BCUT2D eigenvalue weighted by Crippen LogP contribution is 2.45. The van der Waals surface area contributed by atoms with Crippen LogP contribution >= 0.6 is 0 Å². The van der Waals surface area contributed by atoms with Gasteiger partial charge in [0.1, 0.15) is 11.5 Å². The van der Waals surface area contributed by atoms with Crippen LogP contribution in [0.25, 0.3) is 33.6 Å². The largest absolute Gasteiger partial charge is 0.508 e. The van der Waals surface area contributed by atoms with E-state index in [-0.39, 0.29) is 28.2 Å². The molecule has 0 fully saturated rings. The lowest BCUT2D eigenvalue weighted by Crippen LogP contribution is -2.07. The number of hydrogen-bond donors (Lipinski definition) is 2. The van der Waals surface area contributed by atoms with Crippen LogP contribution in [0.4, 0.5) is 13.2 Å². The maximum absolute atomic E-state index is 13.6. The number of nitrogens with zero attached hydrogens (tertiary/aromatic N) is 2. The molecule has 4 aromatic rings. The van der Waals surface area contributed by atoms with Gasteiger partial charge in [-0.3, -0.25) is 0 Å². The van der Waals surface area contributed by atoms with Gasteiger partial charge < -0.3 is 19.5 Å². The van der Waals surface area contributed by atoms with Gasteiger partial charge in [0.15, 0.2) is 11.5 Å². The van der Waals surface area contributed by atoms with Crippen molar-refractivity contribution in [2.24, 2.45) is 0 Å². The van der Waals surface area contributed by atoms with E-state index >= 15 is 0 Å². The van der Waals surface area contributed by atoms with E-state index in [2.05, 4.69) is 10.1 Å². The molecule has 2 N–H and O–H groups in total. The normalized spacial score (nSPS) is 11.5. The fourth-order valence-corrected chi connectivity index (χ4v) is 3.15. The van der Waals surface area contributed by atoms with Crippen LogP contribution < -0.4 is 4.74 Å². The number of hydrogen-bond acceptors (Lipinski definition) is 6. The Bertz CT molecular complexity index is 1220. The quantitative estimate of drug-likeness (QED) is 0.446. The fourth-order valence-electron chi connectivity index (χ4n) is 3.15. The van der Waals surface area contributed by atoms with Gasteiger partial charge in [-0.05, 0) is 29.3 Å². The summed E-state index contributed by atoms with van der Waals surface area (Å²) in [6.07, 6.45) is -3.18. The highest BCUT2D eigenvalue weighted by atomic mass is 19.4. The molecule has 2 aromatic carbocycles. The number of pyridine rings is 1. The highest BCUT2D eigenvalue weighted by molar-refractivity contribution is 5.85. The predicted molar refractivity (Wildman–Crippen MR) is 105 cm³/mol. The Balaban J connectivity index is 1.81. The van der Waals surface area contributed by atoms with Crippen molar-refractivity contribution in [2.75, 3.05) is 7.11 Å². The molecule has 0 aliphatic rings. The summed E-state index contributed by atoms with van der Waals surface area (Å²) in [5.74, 6) is -0.496. The standard InChI is InChI=1S/C22H15F3N2O4/c1-30-18-9-6-14(11-26-18)12-2-4-13(5-3-12)19-20(31-27-21(19)22(23,24)25)16-8-7-15(28)10-17(16)29/h2-11,28-29H,1H3. The second-order valence-corrected chi connectivity index (χ2v) is 6.60. The maximum Gasteiger partial charge on any atom is 0.437 e. The first-order valence-electron chi connectivity index (χ1n) is 8.98. The molecule has 4 rings (SSSR count). The minimum absolute atomic E-state index is 0.0285. The van der Waals surface area contributed by atoms with Gasteiger partial charge >= 0.3 is 6.18 Å². The van der Waals surface area contributed by atoms with Crippen molar-refractivity contribution in [1.82, 2.24) is 10.1 Å². The molecule has 0 bridgehead atoms. The molecule has 0 radical (unpaired) electrons. The second-order valence-electron chi connectivity index (χ2n) is 6.60. The number of aromatic hydroxyl groups is 2. The van der Waals surface area contributed by atoms with Crippen LogP contribution in [-0.4, -0.2) is 27.5 Å². The minimum atomic E-state index is -4.78. The van der Waals surface area contributed by atoms with Gasteiger partial charge in [0, 0.05) is 23.9 Å².